The second-order valence-electron chi connectivity index (χ2n) is 6.77. The standard InChI is InChI=1S/C21H29NO/c1-16(2)22(17(3)4)14-13-21(18-9-6-5-7-10-18)19-11-8-12-20(23)15-19/h5-12,15-17,21,23H,13-14H2,1-4H3. The van der Waals surface area contributed by atoms with Crippen LogP contribution in [0.4, 0.5) is 0 Å². The molecule has 1 N–H and O–H groups in total. The molecule has 0 aliphatic rings. The van der Waals surface area contributed by atoms with Gasteiger partial charge in [-0.15, -0.1) is 0 Å². The highest BCUT2D eigenvalue weighted by Gasteiger charge is 2.19. The first-order valence-electron chi connectivity index (χ1n) is 8.58. The van der Waals surface area contributed by atoms with Gasteiger partial charge in [0.25, 0.3) is 0 Å². The Morgan fingerprint density at radius 1 is 0.826 bits per heavy atom. The van der Waals surface area contributed by atoms with Crippen molar-refractivity contribution >= 4 is 0 Å². The zero-order valence-electron chi connectivity index (χ0n) is 14.7. The molecule has 0 amide bonds. The second kappa shape index (κ2) is 8.16. The average molecular weight is 311 g/mol. The fourth-order valence-electron chi connectivity index (χ4n) is 3.34. The van der Waals surface area contributed by atoms with Crippen molar-refractivity contribution < 1.29 is 5.11 Å². The molecule has 0 spiro atoms. The summed E-state index contributed by atoms with van der Waals surface area (Å²) in [6, 6.07) is 19.4. The molecule has 0 aromatic heterocycles. The summed E-state index contributed by atoms with van der Waals surface area (Å²) in [5.41, 5.74) is 2.49. The summed E-state index contributed by atoms with van der Waals surface area (Å²) in [6.45, 7) is 10.1. The van der Waals surface area contributed by atoms with Crippen LogP contribution < -0.4 is 0 Å². The fraction of sp³-hybridized carbons (Fsp3) is 0.429. The van der Waals surface area contributed by atoms with E-state index in [0.29, 0.717) is 23.8 Å². The van der Waals surface area contributed by atoms with Gasteiger partial charge in [0.15, 0.2) is 0 Å². The first-order valence-corrected chi connectivity index (χ1v) is 8.58. The predicted octanol–water partition coefficient (Wildman–Crippen LogP) is 5.03. The van der Waals surface area contributed by atoms with Crippen LogP contribution in [0.25, 0.3) is 0 Å². The molecule has 1 unspecified atom stereocenters. The molecular weight excluding hydrogens is 282 g/mol. The molecule has 0 saturated heterocycles. The van der Waals surface area contributed by atoms with Crippen molar-refractivity contribution in [1.82, 2.24) is 4.90 Å². The van der Waals surface area contributed by atoms with Gasteiger partial charge in [-0.05, 0) is 63.9 Å². The van der Waals surface area contributed by atoms with Crippen LogP contribution in [0.1, 0.15) is 51.2 Å². The molecule has 2 rings (SSSR count). The Morgan fingerprint density at radius 2 is 1.43 bits per heavy atom. The highest BCUT2D eigenvalue weighted by molar-refractivity contribution is 5.36. The van der Waals surface area contributed by atoms with Crippen LogP contribution in [0.5, 0.6) is 5.75 Å². The molecule has 0 heterocycles. The Hall–Kier alpha value is -1.80. The summed E-state index contributed by atoms with van der Waals surface area (Å²) < 4.78 is 0. The Kier molecular flexibility index (Phi) is 6.23. The van der Waals surface area contributed by atoms with Crippen LogP contribution in [-0.4, -0.2) is 28.6 Å². The van der Waals surface area contributed by atoms with Crippen LogP contribution in [-0.2, 0) is 0 Å². The van der Waals surface area contributed by atoms with Gasteiger partial charge in [0.1, 0.15) is 5.75 Å². The minimum absolute atomic E-state index is 0.309. The highest BCUT2D eigenvalue weighted by atomic mass is 16.3. The largest absolute Gasteiger partial charge is 0.508 e. The Bertz CT molecular complexity index is 584. The number of aromatic hydroxyl groups is 1. The monoisotopic (exact) mass is 311 g/mol. The maximum absolute atomic E-state index is 9.85. The molecule has 124 valence electrons. The van der Waals surface area contributed by atoms with Crippen molar-refractivity contribution in [3.05, 3.63) is 65.7 Å². The third-order valence-corrected chi connectivity index (χ3v) is 4.48. The molecule has 0 aliphatic carbocycles. The normalized spacial score (nSPS) is 13.0. The third kappa shape index (κ3) is 4.84. The lowest BCUT2D eigenvalue weighted by Crippen LogP contribution is -2.38. The smallest absolute Gasteiger partial charge is 0.115 e. The Morgan fingerprint density at radius 3 is 2.00 bits per heavy atom. The van der Waals surface area contributed by atoms with E-state index in [2.05, 4.69) is 69.0 Å². The molecule has 2 aromatic rings. The van der Waals surface area contributed by atoms with Crippen LogP contribution in [0.15, 0.2) is 54.6 Å². The number of benzene rings is 2. The summed E-state index contributed by atoms with van der Waals surface area (Å²) in [6.07, 6.45) is 1.05. The SMILES string of the molecule is CC(C)N(CCC(c1ccccc1)c1cccc(O)c1)C(C)C. The number of phenolic OH excluding ortho intramolecular Hbond substituents is 1. The summed E-state index contributed by atoms with van der Waals surface area (Å²) >= 11 is 0. The maximum Gasteiger partial charge on any atom is 0.115 e. The van der Waals surface area contributed by atoms with E-state index in [-0.39, 0.29) is 0 Å². The van der Waals surface area contributed by atoms with Crippen molar-refractivity contribution in [3.8, 4) is 5.75 Å². The number of rotatable bonds is 7. The van der Waals surface area contributed by atoms with E-state index in [1.165, 1.54) is 11.1 Å². The summed E-state index contributed by atoms with van der Waals surface area (Å²) in [7, 11) is 0. The Balaban J connectivity index is 2.24. The molecule has 2 aromatic carbocycles. The molecule has 23 heavy (non-hydrogen) atoms. The topological polar surface area (TPSA) is 23.5 Å². The Labute approximate surface area is 140 Å². The van der Waals surface area contributed by atoms with E-state index in [4.69, 9.17) is 0 Å². The van der Waals surface area contributed by atoms with Gasteiger partial charge >= 0.3 is 0 Å². The van der Waals surface area contributed by atoms with Gasteiger partial charge in [-0.3, -0.25) is 4.90 Å². The number of nitrogens with zero attached hydrogens (tertiary/aromatic N) is 1. The summed E-state index contributed by atoms with van der Waals surface area (Å²) in [5, 5.41) is 9.85. The molecule has 0 fully saturated rings. The second-order valence-corrected chi connectivity index (χ2v) is 6.77. The van der Waals surface area contributed by atoms with E-state index < -0.39 is 0 Å². The van der Waals surface area contributed by atoms with Crippen molar-refractivity contribution in [2.24, 2.45) is 0 Å². The molecular formula is C21H29NO. The van der Waals surface area contributed by atoms with Gasteiger partial charge < -0.3 is 5.11 Å². The van der Waals surface area contributed by atoms with Gasteiger partial charge in [-0.1, -0.05) is 42.5 Å². The molecule has 0 saturated carbocycles. The van der Waals surface area contributed by atoms with E-state index in [1.807, 2.05) is 12.1 Å². The van der Waals surface area contributed by atoms with Crippen molar-refractivity contribution in [2.45, 2.75) is 52.1 Å². The first kappa shape index (κ1) is 17.6. The molecule has 0 bridgehead atoms. The lowest BCUT2D eigenvalue weighted by molar-refractivity contribution is 0.170. The van der Waals surface area contributed by atoms with E-state index in [1.54, 1.807) is 6.07 Å². The lowest BCUT2D eigenvalue weighted by Gasteiger charge is -2.32. The van der Waals surface area contributed by atoms with Gasteiger partial charge in [-0.25, -0.2) is 0 Å². The quantitative estimate of drug-likeness (QED) is 0.775. The average Bonchev–Trinajstić information content (AvgIpc) is 2.51. The highest BCUT2D eigenvalue weighted by Crippen LogP contribution is 2.30. The third-order valence-electron chi connectivity index (χ3n) is 4.48. The molecule has 2 heteroatoms. The van der Waals surface area contributed by atoms with E-state index in [0.717, 1.165) is 13.0 Å². The van der Waals surface area contributed by atoms with Crippen LogP contribution >= 0.6 is 0 Å². The van der Waals surface area contributed by atoms with Crippen LogP contribution in [0.3, 0.4) is 0 Å². The minimum Gasteiger partial charge on any atom is -0.508 e. The minimum atomic E-state index is 0.309. The molecule has 0 radical (unpaired) electrons. The van der Waals surface area contributed by atoms with Gasteiger partial charge in [0.05, 0.1) is 0 Å². The van der Waals surface area contributed by atoms with Gasteiger partial charge in [0, 0.05) is 18.0 Å². The van der Waals surface area contributed by atoms with E-state index >= 15 is 0 Å². The van der Waals surface area contributed by atoms with Crippen molar-refractivity contribution in [3.63, 3.8) is 0 Å². The first-order chi connectivity index (χ1) is 11.0. The van der Waals surface area contributed by atoms with Gasteiger partial charge in [-0.2, -0.15) is 0 Å². The van der Waals surface area contributed by atoms with Crippen LogP contribution in [0, 0.1) is 0 Å². The number of hydrogen-bond donors (Lipinski definition) is 1. The van der Waals surface area contributed by atoms with Gasteiger partial charge in [0.2, 0.25) is 0 Å². The number of phenols is 1. The maximum atomic E-state index is 9.85. The van der Waals surface area contributed by atoms with Crippen molar-refractivity contribution in [2.75, 3.05) is 6.54 Å². The summed E-state index contributed by atoms with van der Waals surface area (Å²) in [5.74, 6) is 0.649. The van der Waals surface area contributed by atoms with Crippen molar-refractivity contribution in [1.29, 1.82) is 0 Å². The van der Waals surface area contributed by atoms with E-state index in [9.17, 15) is 5.11 Å². The fourth-order valence-corrected chi connectivity index (χ4v) is 3.34. The predicted molar refractivity (Wildman–Crippen MR) is 98.0 cm³/mol. The molecule has 1 atom stereocenters. The molecule has 0 aliphatic heterocycles. The zero-order valence-corrected chi connectivity index (χ0v) is 14.7. The lowest BCUT2D eigenvalue weighted by atomic mass is 9.88. The summed E-state index contributed by atoms with van der Waals surface area (Å²) in [4.78, 5) is 2.53. The number of hydrogen-bond acceptors (Lipinski definition) is 2. The van der Waals surface area contributed by atoms with Crippen LogP contribution in [0.2, 0.25) is 0 Å². The zero-order chi connectivity index (χ0) is 16.8. The molecule has 2 nitrogen and oxygen atoms in total.